The molecule has 0 radical (unpaired) electrons. The Hall–Kier alpha value is -2.18. The van der Waals surface area contributed by atoms with Gasteiger partial charge in [-0.15, -0.1) is 0 Å². The van der Waals surface area contributed by atoms with Crippen molar-refractivity contribution in [2.24, 2.45) is 0 Å². The molecule has 8 heteroatoms. The highest BCUT2D eigenvalue weighted by atomic mass is 35.5. The summed E-state index contributed by atoms with van der Waals surface area (Å²) in [5.41, 5.74) is 0. The fraction of sp³-hybridized carbons (Fsp3) is 0.571. The van der Waals surface area contributed by atoms with Gasteiger partial charge in [0.15, 0.2) is 11.5 Å². The van der Waals surface area contributed by atoms with Crippen LogP contribution in [0.5, 0.6) is 11.5 Å². The number of hydrogen-bond acceptors (Lipinski definition) is 6. The minimum absolute atomic E-state index is 0.0504. The van der Waals surface area contributed by atoms with Crippen LogP contribution in [0.2, 0.25) is 10.0 Å². The van der Waals surface area contributed by atoms with Gasteiger partial charge < -0.3 is 18.9 Å². The van der Waals surface area contributed by atoms with Gasteiger partial charge in [0.25, 0.3) is 0 Å². The van der Waals surface area contributed by atoms with Gasteiger partial charge in [0, 0.05) is 10.8 Å². The standard InChI is InChI=1S/C28H38Cl2O6/c1-3-5-7-9-11-15-19-33-27(31)35-25-21-17-13-14-18-22(21)26(24(30)23(25)29)36-28(32)34-20-16-12-10-8-6-4-2/h13-14,17-18H,3-12,15-16,19-20H2,1-2H3. The van der Waals surface area contributed by atoms with Gasteiger partial charge in [-0.25, -0.2) is 9.59 Å². The summed E-state index contributed by atoms with van der Waals surface area (Å²) in [4.78, 5) is 24.6. The first-order chi connectivity index (χ1) is 17.5. The number of fused-ring (bicyclic) bond motifs is 1. The lowest BCUT2D eigenvalue weighted by Crippen LogP contribution is -2.14. The first-order valence-corrected chi connectivity index (χ1v) is 13.8. The summed E-state index contributed by atoms with van der Waals surface area (Å²) < 4.78 is 21.2. The zero-order valence-corrected chi connectivity index (χ0v) is 22.9. The molecule has 0 aromatic heterocycles. The number of halogens is 2. The lowest BCUT2D eigenvalue weighted by atomic mass is 10.1. The van der Waals surface area contributed by atoms with Crippen LogP contribution in [0.4, 0.5) is 9.59 Å². The number of ether oxygens (including phenoxy) is 4. The van der Waals surface area contributed by atoms with Crippen molar-refractivity contribution in [1.29, 1.82) is 0 Å². The van der Waals surface area contributed by atoms with Crippen LogP contribution in [0.1, 0.15) is 90.9 Å². The van der Waals surface area contributed by atoms with Crippen LogP contribution in [0.15, 0.2) is 24.3 Å². The van der Waals surface area contributed by atoms with Crippen LogP contribution in [-0.4, -0.2) is 25.5 Å². The van der Waals surface area contributed by atoms with E-state index in [1.165, 1.54) is 38.5 Å². The van der Waals surface area contributed by atoms with Crippen LogP contribution in [0, 0.1) is 0 Å². The Morgan fingerprint density at radius 3 is 1.36 bits per heavy atom. The fourth-order valence-electron chi connectivity index (χ4n) is 3.82. The van der Waals surface area contributed by atoms with Gasteiger partial charge in [-0.2, -0.15) is 0 Å². The Kier molecular flexibility index (Phi) is 14.4. The first-order valence-electron chi connectivity index (χ1n) is 13.1. The molecule has 0 saturated heterocycles. The second-order valence-corrected chi connectivity index (χ2v) is 9.52. The average molecular weight is 542 g/mol. The molecule has 0 aliphatic rings. The van der Waals surface area contributed by atoms with Crippen LogP contribution in [0.3, 0.4) is 0 Å². The molecule has 0 heterocycles. The average Bonchev–Trinajstić information content (AvgIpc) is 2.88. The molecule has 6 nitrogen and oxygen atoms in total. The minimum atomic E-state index is -0.862. The third-order valence-electron chi connectivity index (χ3n) is 5.81. The van der Waals surface area contributed by atoms with E-state index in [4.69, 9.17) is 42.1 Å². The van der Waals surface area contributed by atoms with Crippen molar-refractivity contribution >= 4 is 46.3 Å². The predicted octanol–water partition coefficient (Wildman–Crippen LogP) is 9.90. The predicted molar refractivity (Wildman–Crippen MR) is 145 cm³/mol. The van der Waals surface area contributed by atoms with E-state index < -0.39 is 12.3 Å². The third kappa shape index (κ3) is 10.1. The molecule has 0 unspecified atom stereocenters. The molecule has 0 spiro atoms. The highest BCUT2D eigenvalue weighted by Crippen LogP contribution is 2.46. The topological polar surface area (TPSA) is 71.1 Å². The lowest BCUT2D eigenvalue weighted by Gasteiger charge is -2.15. The fourth-order valence-corrected chi connectivity index (χ4v) is 4.27. The quantitative estimate of drug-likeness (QED) is 0.120. The van der Waals surface area contributed by atoms with Gasteiger partial charge in [0.1, 0.15) is 10.0 Å². The second kappa shape index (κ2) is 17.3. The summed E-state index contributed by atoms with van der Waals surface area (Å²) in [6.45, 7) is 4.86. The highest BCUT2D eigenvalue weighted by molar-refractivity contribution is 6.45. The maximum atomic E-state index is 12.3. The third-order valence-corrected chi connectivity index (χ3v) is 6.63. The number of benzene rings is 2. The minimum Gasteiger partial charge on any atom is -0.434 e. The molecule has 0 fully saturated rings. The number of rotatable bonds is 16. The zero-order valence-electron chi connectivity index (χ0n) is 21.4. The zero-order chi connectivity index (χ0) is 26.2. The van der Waals surface area contributed by atoms with Crippen LogP contribution in [-0.2, 0) is 9.47 Å². The van der Waals surface area contributed by atoms with E-state index in [0.717, 1.165) is 38.5 Å². The van der Waals surface area contributed by atoms with Crippen molar-refractivity contribution < 1.29 is 28.5 Å². The highest BCUT2D eigenvalue weighted by Gasteiger charge is 2.24. The molecule has 0 aliphatic carbocycles. The molecule has 0 amide bonds. The molecule has 0 atom stereocenters. The van der Waals surface area contributed by atoms with Crippen molar-refractivity contribution in [3.8, 4) is 11.5 Å². The molecule has 0 aliphatic heterocycles. The van der Waals surface area contributed by atoms with Crippen LogP contribution in [0.25, 0.3) is 10.8 Å². The number of carbonyl (C=O) groups excluding carboxylic acids is 2. The molecular formula is C28H38Cl2O6. The molecule has 0 N–H and O–H groups in total. The first kappa shape index (κ1) is 30.0. The van der Waals surface area contributed by atoms with E-state index in [1.807, 2.05) is 0 Å². The summed E-state index contributed by atoms with van der Waals surface area (Å²) in [5.74, 6) is 0.107. The van der Waals surface area contributed by atoms with Gasteiger partial charge in [-0.3, -0.25) is 0 Å². The van der Waals surface area contributed by atoms with E-state index in [2.05, 4.69) is 13.8 Å². The van der Waals surface area contributed by atoms with Crippen molar-refractivity contribution in [1.82, 2.24) is 0 Å². The molecule has 0 bridgehead atoms. The monoisotopic (exact) mass is 540 g/mol. The Balaban J connectivity index is 1.98. The van der Waals surface area contributed by atoms with Crippen LogP contribution >= 0.6 is 23.2 Å². The maximum Gasteiger partial charge on any atom is 0.513 e. The van der Waals surface area contributed by atoms with Gasteiger partial charge in [0.2, 0.25) is 0 Å². The van der Waals surface area contributed by atoms with Gasteiger partial charge in [0.05, 0.1) is 13.2 Å². The number of carbonyl (C=O) groups is 2. The molecule has 2 aromatic rings. The maximum absolute atomic E-state index is 12.3. The van der Waals surface area contributed by atoms with Crippen molar-refractivity contribution in [2.45, 2.75) is 90.9 Å². The van der Waals surface area contributed by atoms with Crippen LogP contribution < -0.4 is 9.47 Å². The molecule has 36 heavy (non-hydrogen) atoms. The van der Waals surface area contributed by atoms with E-state index in [-0.39, 0.29) is 34.8 Å². The largest absolute Gasteiger partial charge is 0.513 e. The van der Waals surface area contributed by atoms with Gasteiger partial charge >= 0.3 is 12.3 Å². The summed E-state index contributed by atoms with van der Waals surface area (Å²) in [7, 11) is 0. The summed E-state index contributed by atoms with van der Waals surface area (Å²) in [6.07, 6.45) is 11.2. The SMILES string of the molecule is CCCCCCCCOC(=O)Oc1c(Cl)c(Cl)c(OC(=O)OCCCCCCCC)c2ccccc12. The van der Waals surface area contributed by atoms with E-state index in [1.54, 1.807) is 24.3 Å². The van der Waals surface area contributed by atoms with Crippen molar-refractivity contribution in [3.63, 3.8) is 0 Å². The van der Waals surface area contributed by atoms with Gasteiger partial charge in [-0.05, 0) is 12.8 Å². The summed E-state index contributed by atoms with van der Waals surface area (Å²) >= 11 is 12.9. The number of hydrogen-bond donors (Lipinski definition) is 0. The second-order valence-electron chi connectivity index (χ2n) is 8.77. The number of unbranched alkanes of at least 4 members (excludes halogenated alkanes) is 10. The molecule has 2 aromatic carbocycles. The summed E-state index contributed by atoms with van der Waals surface area (Å²) in [5, 5.41) is 0.820. The molecule has 200 valence electrons. The van der Waals surface area contributed by atoms with E-state index in [0.29, 0.717) is 10.8 Å². The van der Waals surface area contributed by atoms with Crippen molar-refractivity contribution in [2.75, 3.05) is 13.2 Å². The van der Waals surface area contributed by atoms with Gasteiger partial charge in [-0.1, -0.05) is 126 Å². The molecule has 2 rings (SSSR count). The Bertz CT molecular complexity index is 886. The summed E-state index contributed by atoms with van der Waals surface area (Å²) in [6, 6.07) is 6.90. The Morgan fingerprint density at radius 2 is 0.972 bits per heavy atom. The molecular weight excluding hydrogens is 503 g/mol. The normalized spacial score (nSPS) is 10.9. The Morgan fingerprint density at radius 1 is 0.611 bits per heavy atom. The smallest absolute Gasteiger partial charge is 0.434 e. The Labute approximate surface area is 224 Å². The molecule has 0 saturated carbocycles. The van der Waals surface area contributed by atoms with E-state index in [9.17, 15) is 9.59 Å². The lowest BCUT2D eigenvalue weighted by molar-refractivity contribution is 0.0958. The van der Waals surface area contributed by atoms with Crippen molar-refractivity contribution in [3.05, 3.63) is 34.3 Å². The van der Waals surface area contributed by atoms with E-state index >= 15 is 0 Å².